The molecule has 2 unspecified atom stereocenters. The molecule has 4 aromatic rings. The Bertz CT molecular complexity index is 2210. The molecule has 7 rings (SSSR count). The standard InChI is InChI=1S/C36H36N6O7S/c1-20-32(21(2)41(3)40-20)33-27(26-18-25(48-4)10-11-29(26)39-33)19-31-34(43)28-17-24(9-12-30(28)49-31)38-36(45)37-23-7-5-22(6-8-23)35(44)42-13-15-50(46,47)16-14-42/h5-12,17-19,21,32,39H,13-16H2,1-4H3,(H2,37,38,45)/b31-19-. The second kappa shape index (κ2) is 12.7. The second-order valence-electron chi connectivity index (χ2n) is 12.6. The van der Waals surface area contributed by atoms with Gasteiger partial charge in [-0.25, -0.2) is 13.2 Å². The van der Waals surface area contributed by atoms with Crippen molar-refractivity contribution >= 4 is 61.6 Å². The van der Waals surface area contributed by atoms with E-state index in [1.165, 1.54) is 4.90 Å². The van der Waals surface area contributed by atoms with Crippen LogP contribution in [0.5, 0.6) is 11.5 Å². The average Bonchev–Trinajstić information content (AvgIpc) is 3.69. The van der Waals surface area contributed by atoms with Crippen molar-refractivity contribution < 1.29 is 32.3 Å². The van der Waals surface area contributed by atoms with Gasteiger partial charge in [0.2, 0.25) is 5.78 Å². The summed E-state index contributed by atoms with van der Waals surface area (Å²) >= 11 is 0. The Morgan fingerprint density at radius 3 is 2.40 bits per heavy atom. The molecule has 0 saturated carbocycles. The zero-order chi connectivity index (χ0) is 35.3. The first-order chi connectivity index (χ1) is 23.9. The highest BCUT2D eigenvalue weighted by atomic mass is 32.2. The van der Waals surface area contributed by atoms with Gasteiger partial charge in [0.15, 0.2) is 15.6 Å². The number of ketones is 1. The fourth-order valence-electron chi connectivity index (χ4n) is 6.64. The number of hydrogen-bond donors (Lipinski definition) is 3. The lowest BCUT2D eigenvalue weighted by Crippen LogP contribution is -2.43. The average molecular weight is 697 g/mol. The molecule has 0 aliphatic carbocycles. The molecule has 0 radical (unpaired) electrons. The van der Waals surface area contributed by atoms with E-state index in [2.05, 4.69) is 27.6 Å². The van der Waals surface area contributed by atoms with Gasteiger partial charge in [-0.05, 0) is 80.6 Å². The summed E-state index contributed by atoms with van der Waals surface area (Å²) in [5, 5.41) is 12.9. The Morgan fingerprint density at radius 2 is 1.72 bits per heavy atom. The van der Waals surface area contributed by atoms with E-state index in [0.717, 1.165) is 27.9 Å². The summed E-state index contributed by atoms with van der Waals surface area (Å²) in [6.07, 6.45) is 1.76. The molecule has 3 aliphatic heterocycles. The molecule has 14 heteroatoms. The number of Topliss-reactive ketones (excluding diaryl/α,β-unsaturated/α-hetero) is 1. The highest BCUT2D eigenvalue weighted by Gasteiger charge is 2.35. The van der Waals surface area contributed by atoms with Gasteiger partial charge in [0.05, 0.1) is 36.1 Å². The number of hydrazone groups is 1. The van der Waals surface area contributed by atoms with Crippen molar-refractivity contribution in [3.8, 4) is 11.5 Å². The Labute approximate surface area is 288 Å². The molecule has 50 heavy (non-hydrogen) atoms. The number of aromatic amines is 1. The topological polar surface area (TPSA) is 162 Å². The van der Waals surface area contributed by atoms with Crippen LogP contribution >= 0.6 is 0 Å². The molecule has 0 bridgehead atoms. The summed E-state index contributed by atoms with van der Waals surface area (Å²) in [7, 11) is 0.448. The van der Waals surface area contributed by atoms with Gasteiger partial charge >= 0.3 is 6.03 Å². The van der Waals surface area contributed by atoms with E-state index in [9.17, 15) is 22.8 Å². The third-order valence-electron chi connectivity index (χ3n) is 9.45. The molecule has 4 heterocycles. The van der Waals surface area contributed by atoms with Gasteiger partial charge in [0.25, 0.3) is 5.91 Å². The van der Waals surface area contributed by atoms with E-state index in [-0.39, 0.29) is 54.0 Å². The number of amides is 3. The molecule has 3 amide bonds. The third-order valence-corrected chi connectivity index (χ3v) is 11.1. The van der Waals surface area contributed by atoms with Crippen LogP contribution in [0.4, 0.5) is 16.2 Å². The third kappa shape index (κ3) is 6.17. The van der Waals surface area contributed by atoms with Gasteiger partial charge in [0, 0.05) is 64.9 Å². The van der Waals surface area contributed by atoms with Crippen molar-refractivity contribution in [2.24, 2.45) is 5.10 Å². The number of likely N-dealkylation sites (N-methyl/N-ethyl adjacent to an activating group) is 1. The van der Waals surface area contributed by atoms with Crippen molar-refractivity contribution in [2.75, 3.05) is 49.4 Å². The number of benzene rings is 3. The first-order valence-corrected chi connectivity index (χ1v) is 18.0. The molecule has 1 saturated heterocycles. The van der Waals surface area contributed by atoms with E-state index in [0.29, 0.717) is 34.0 Å². The van der Waals surface area contributed by atoms with Crippen LogP contribution in [0.3, 0.4) is 0 Å². The van der Waals surface area contributed by atoms with E-state index in [1.807, 2.05) is 37.2 Å². The summed E-state index contributed by atoms with van der Waals surface area (Å²) in [6, 6.07) is 16.5. The Balaban J connectivity index is 1.07. The van der Waals surface area contributed by atoms with Gasteiger partial charge in [-0.2, -0.15) is 5.10 Å². The molecule has 1 fully saturated rings. The number of aromatic nitrogens is 1. The predicted octanol–water partition coefficient (Wildman–Crippen LogP) is 5.10. The number of fused-ring (bicyclic) bond motifs is 2. The van der Waals surface area contributed by atoms with E-state index >= 15 is 0 Å². The van der Waals surface area contributed by atoms with Crippen molar-refractivity contribution in [3.63, 3.8) is 0 Å². The summed E-state index contributed by atoms with van der Waals surface area (Å²) in [6.45, 7) is 4.41. The van der Waals surface area contributed by atoms with Crippen LogP contribution in [0.15, 0.2) is 71.5 Å². The van der Waals surface area contributed by atoms with Crippen LogP contribution in [0, 0.1) is 0 Å². The zero-order valence-corrected chi connectivity index (χ0v) is 28.8. The molecule has 2 atom stereocenters. The number of rotatable bonds is 6. The number of nitrogens with zero attached hydrogens (tertiary/aromatic N) is 3. The number of urea groups is 1. The zero-order valence-electron chi connectivity index (χ0n) is 27.9. The highest BCUT2D eigenvalue weighted by Crippen LogP contribution is 2.40. The first-order valence-electron chi connectivity index (χ1n) is 16.1. The smallest absolute Gasteiger partial charge is 0.323 e. The fraction of sp³-hybridized carbons (Fsp3) is 0.278. The minimum absolute atomic E-state index is 0.0362. The second-order valence-corrected chi connectivity index (χ2v) is 15.0. The summed E-state index contributed by atoms with van der Waals surface area (Å²) < 4.78 is 35.0. The van der Waals surface area contributed by atoms with Crippen LogP contribution in [-0.4, -0.2) is 91.5 Å². The Hall–Kier alpha value is -5.63. The fourth-order valence-corrected chi connectivity index (χ4v) is 7.84. The molecule has 3 aliphatic rings. The van der Waals surface area contributed by atoms with E-state index in [4.69, 9.17) is 9.47 Å². The minimum atomic E-state index is -3.10. The number of carbonyl (C=O) groups is 3. The molecule has 258 valence electrons. The molecular formula is C36H36N6O7S. The normalized spacial score (nSPS) is 20.4. The van der Waals surface area contributed by atoms with Crippen LogP contribution in [0.1, 0.15) is 51.7 Å². The summed E-state index contributed by atoms with van der Waals surface area (Å²) in [5.41, 5.74) is 5.12. The number of methoxy groups -OCH3 is 1. The van der Waals surface area contributed by atoms with Crippen molar-refractivity contribution in [1.82, 2.24) is 14.9 Å². The van der Waals surface area contributed by atoms with Gasteiger partial charge in [-0.1, -0.05) is 0 Å². The van der Waals surface area contributed by atoms with E-state index < -0.39 is 15.9 Å². The molecular weight excluding hydrogens is 660 g/mol. The summed E-state index contributed by atoms with van der Waals surface area (Å²) in [5.74, 6) is 0.494. The predicted molar refractivity (Wildman–Crippen MR) is 191 cm³/mol. The maximum atomic E-state index is 13.7. The number of hydrogen-bond acceptors (Lipinski definition) is 9. The highest BCUT2D eigenvalue weighted by molar-refractivity contribution is 7.91. The summed E-state index contributed by atoms with van der Waals surface area (Å²) in [4.78, 5) is 44.4. The molecule has 3 aromatic carbocycles. The minimum Gasteiger partial charge on any atom is -0.497 e. The lowest BCUT2D eigenvalue weighted by molar-refractivity contribution is 0.0770. The Kier molecular flexibility index (Phi) is 8.34. The molecule has 1 aromatic heterocycles. The number of allylic oxidation sites excluding steroid dienone is 1. The SMILES string of the molecule is COc1ccc2[nH]c(C3C(C)=NN(C)C3C)c(/C=C3\Oc4ccc(NC(=O)Nc5ccc(C(=O)N6CCS(=O)(=O)CC6)cc5)cc4C3=O)c2c1. The lowest BCUT2D eigenvalue weighted by atomic mass is 9.90. The number of nitrogens with one attached hydrogen (secondary N) is 3. The van der Waals surface area contributed by atoms with Crippen LogP contribution in [0.2, 0.25) is 0 Å². The number of sulfone groups is 1. The van der Waals surface area contributed by atoms with E-state index in [1.54, 1.807) is 55.7 Å². The number of H-pyrrole nitrogens is 1. The lowest BCUT2D eigenvalue weighted by Gasteiger charge is -2.26. The van der Waals surface area contributed by atoms with Gasteiger partial charge in [-0.15, -0.1) is 0 Å². The van der Waals surface area contributed by atoms with Crippen molar-refractivity contribution in [3.05, 3.63) is 88.8 Å². The van der Waals surface area contributed by atoms with Crippen LogP contribution in [-0.2, 0) is 9.84 Å². The van der Waals surface area contributed by atoms with Gasteiger partial charge < -0.3 is 30.0 Å². The maximum absolute atomic E-state index is 13.7. The van der Waals surface area contributed by atoms with Crippen LogP contribution < -0.4 is 20.1 Å². The Morgan fingerprint density at radius 1 is 1.02 bits per heavy atom. The monoisotopic (exact) mass is 696 g/mol. The largest absolute Gasteiger partial charge is 0.497 e. The quantitative estimate of drug-likeness (QED) is 0.235. The van der Waals surface area contributed by atoms with Crippen molar-refractivity contribution in [1.29, 1.82) is 0 Å². The maximum Gasteiger partial charge on any atom is 0.323 e. The van der Waals surface area contributed by atoms with Gasteiger partial charge in [-0.3, -0.25) is 14.6 Å². The first kappa shape index (κ1) is 32.9. The number of carbonyl (C=O) groups excluding carboxylic acids is 3. The van der Waals surface area contributed by atoms with Crippen molar-refractivity contribution in [2.45, 2.75) is 25.8 Å². The number of anilines is 2. The molecule has 3 N–H and O–H groups in total. The molecule has 0 spiro atoms. The number of ether oxygens (including phenoxy) is 2. The van der Waals surface area contributed by atoms with Crippen LogP contribution in [0.25, 0.3) is 17.0 Å². The molecule has 13 nitrogen and oxygen atoms in total. The van der Waals surface area contributed by atoms with Gasteiger partial charge in [0.1, 0.15) is 11.5 Å².